The Balaban J connectivity index is 0.00000288. The van der Waals surface area contributed by atoms with Gasteiger partial charge in [-0.25, -0.2) is 4.99 Å². The van der Waals surface area contributed by atoms with Gasteiger partial charge in [0.25, 0.3) is 0 Å². The largest absolute Gasteiger partial charge is 0.469 e. The molecule has 2 aromatic rings. The molecule has 6 nitrogen and oxygen atoms in total. The monoisotopic (exact) mass is 446 g/mol. The van der Waals surface area contributed by atoms with Crippen LogP contribution in [-0.4, -0.2) is 24.2 Å². The van der Waals surface area contributed by atoms with Crippen molar-refractivity contribution in [3.05, 3.63) is 41.2 Å². The van der Waals surface area contributed by atoms with Gasteiger partial charge in [-0.2, -0.15) is 0 Å². The second-order valence-corrected chi connectivity index (χ2v) is 5.50. The molecule has 0 fully saturated rings. The average molecular weight is 446 g/mol. The first-order valence-electron chi connectivity index (χ1n) is 8.17. The highest BCUT2D eigenvalue weighted by Gasteiger charge is 2.08. The van der Waals surface area contributed by atoms with Crippen LogP contribution in [0.5, 0.6) is 0 Å². The van der Waals surface area contributed by atoms with Gasteiger partial charge in [0, 0.05) is 25.1 Å². The van der Waals surface area contributed by atoms with Crippen LogP contribution in [0.15, 0.2) is 32.3 Å². The predicted octanol–water partition coefficient (Wildman–Crippen LogP) is 3.58. The molecule has 2 N–H and O–H groups in total. The van der Waals surface area contributed by atoms with Crippen LogP contribution in [0, 0.1) is 13.8 Å². The van der Waals surface area contributed by atoms with Crippen LogP contribution in [0.2, 0.25) is 0 Å². The van der Waals surface area contributed by atoms with Gasteiger partial charge in [-0.05, 0) is 32.4 Å². The molecule has 0 saturated heterocycles. The molecule has 0 bridgehead atoms. The van der Waals surface area contributed by atoms with E-state index in [1.807, 2.05) is 26.0 Å². The standard InChI is InChI=1S/C17H26N4O2.HI/c1-4-5-9-18-17(19-10-8-15-7-6-11-22-15)20-12-16-13(2)21-23-14(16)3;/h6-7,11H,4-5,8-10,12H2,1-3H3,(H2,18,19,20);1H. The molecule has 0 radical (unpaired) electrons. The predicted molar refractivity (Wildman–Crippen MR) is 106 cm³/mol. The summed E-state index contributed by atoms with van der Waals surface area (Å²) >= 11 is 0. The third kappa shape index (κ3) is 6.54. The molecule has 134 valence electrons. The number of aryl methyl sites for hydroxylation is 2. The van der Waals surface area contributed by atoms with Crippen molar-refractivity contribution in [2.24, 2.45) is 4.99 Å². The van der Waals surface area contributed by atoms with E-state index < -0.39 is 0 Å². The lowest BCUT2D eigenvalue weighted by atomic mass is 10.2. The first-order chi connectivity index (χ1) is 11.2. The van der Waals surface area contributed by atoms with E-state index in [0.717, 1.165) is 61.1 Å². The highest BCUT2D eigenvalue weighted by atomic mass is 127. The Bertz CT molecular complexity index is 589. The van der Waals surface area contributed by atoms with E-state index in [9.17, 15) is 0 Å². The zero-order chi connectivity index (χ0) is 16.5. The lowest BCUT2D eigenvalue weighted by Crippen LogP contribution is -2.39. The number of hydrogen-bond acceptors (Lipinski definition) is 4. The number of furan rings is 1. The molecular weight excluding hydrogens is 419 g/mol. The average Bonchev–Trinajstić information content (AvgIpc) is 3.16. The van der Waals surface area contributed by atoms with Crippen molar-refractivity contribution >= 4 is 29.9 Å². The SMILES string of the molecule is CCCCNC(=NCc1c(C)noc1C)NCCc1ccco1.I. The van der Waals surface area contributed by atoms with Gasteiger partial charge < -0.3 is 19.6 Å². The van der Waals surface area contributed by atoms with Crippen LogP contribution >= 0.6 is 24.0 Å². The maximum Gasteiger partial charge on any atom is 0.191 e. The molecule has 0 spiro atoms. The molecular formula is C17H27IN4O2. The first kappa shape index (κ1) is 20.5. The number of hydrogen-bond donors (Lipinski definition) is 2. The highest BCUT2D eigenvalue weighted by Crippen LogP contribution is 2.13. The Morgan fingerprint density at radius 1 is 1.25 bits per heavy atom. The van der Waals surface area contributed by atoms with E-state index >= 15 is 0 Å². The van der Waals surface area contributed by atoms with Gasteiger partial charge in [-0.3, -0.25) is 0 Å². The minimum Gasteiger partial charge on any atom is -0.469 e. The molecule has 2 heterocycles. The van der Waals surface area contributed by atoms with Crippen molar-refractivity contribution in [2.45, 2.75) is 46.6 Å². The number of aliphatic imine (C=N–C) groups is 1. The van der Waals surface area contributed by atoms with Crippen molar-refractivity contribution in [1.82, 2.24) is 15.8 Å². The Morgan fingerprint density at radius 3 is 2.67 bits per heavy atom. The lowest BCUT2D eigenvalue weighted by molar-refractivity contribution is 0.392. The van der Waals surface area contributed by atoms with Gasteiger partial charge in [-0.15, -0.1) is 24.0 Å². The van der Waals surface area contributed by atoms with E-state index in [-0.39, 0.29) is 24.0 Å². The number of nitrogens with zero attached hydrogens (tertiary/aromatic N) is 2. The third-order valence-corrected chi connectivity index (χ3v) is 3.64. The molecule has 2 aromatic heterocycles. The lowest BCUT2D eigenvalue weighted by Gasteiger charge is -2.12. The van der Waals surface area contributed by atoms with Crippen LogP contribution < -0.4 is 10.6 Å². The van der Waals surface area contributed by atoms with E-state index in [1.165, 1.54) is 0 Å². The van der Waals surface area contributed by atoms with Gasteiger partial charge in [-0.1, -0.05) is 18.5 Å². The summed E-state index contributed by atoms with van der Waals surface area (Å²) in [7, 11) is 0. The summed E-state index contributed by atoms with van der Waals surface area (Å²) in [5.41, 5.74) is 1.95. The van der Waals surface area contributed by atoms with Crippen molar-refractivity contribution in [3.8, 4) is 0 Å². The molecule has 0 atom stereocenters. The number of unbranched alkanes of at least 4 members (excludes halogenated alkanes) is 1. The second-order valence-electron chi connectivity index (χ2n) is 5.50. The van der Waals surface area contributed by atoms with E-state index in [2.05, 4.69) is 27.7 Å². The van der Waals surface area contributed by atoms with Crippen LogP contribution in [0.1, 0.15) is 42.5 Å². The fraction of sp³-hybridized carbons (Fsp3) is 0.529. The van der Waals surface area contributed by atoms with Gasteiger partial charge >= 0.3 is 0 Å². The molecule has 0 saturated carbocycles. The summed E-state index contributed by atoms with van der Waals surface area (Å²) in [6.07, 6.45) is 4.79. The normalized spacial score (nSPS) is 11.2. The molecule has 2 rings (SSSR count). The fourth-order valence-electron chi connectivity index (χ4n) is 2.20. The molecule has 0 aliphatic heterocycles. The molecule has 0 aliphatic rings. The summed E-state index contributed by atoms with van der Waals surface area (Å²) in [4.78, 5) is 4.64. The van der Waals surface area contributed by atoms with Gasteiger partial charge in [0.2, 0.25) is 0 Å². The Hall–Kier alpha value is -1.51. The third-order valence-electron chi connectivity index (χ3n) is 3.64. The van der Waals surface area contributed by atoms with Crippen molar-refractivity contribution < 1.29 is 8.94 Å². The van der Waals surface area contributed by atoms with E-state index in [1.54, 1.807) is 6.26 Å². The minimum absolute atomic E-state index is 0. The molecule has 24 heavy (non-hydrogen) atoms. The molecule has 0 aromatic carbocycles. The summed E-state index contributed by atoms with van der Waals surface area (Å²) in [6, 6.07) is 3.88. The van der Waals surface area contributed by atoms with Crippen LogP contribution in [-0.2, 0) is 13.0 Å². The summed E-state index contributed by atoms with van der Waals surface area (Å²) in [5.74, 6) is 2.61. The van der Waals surface area contributed by atoms with Crippen molar-refractivity contribution in [3.63, 3.8) is 0 Å². The number of aromatic nitrogens is 1. The summed E-state index contributed by atoms with van der Waals surface area (Å²) in [6.45, 7) is 8.27. The zero-order valence-corrected chi connectivity index (χ0v) is 16.9. The molecule has 0 aliphatic carbocycles. The summed E-state index contributed by atoms with van der Waals surface area (Å²) < 4.78 is 10.5. The zero-order valence-electron chi connectivity index (χ0n) is 14.6. The quantitative estimate of drug-likeness (QED) is 0.281. The first-order valence-corrected chi connectivity index (χ1v) is 8.17. The Labute approximate surface area is 160 Å². The van der Waals surface area contributed by atoms with Crippen LogP contribution in [0.4, 0.5) is 0 Å². The number of halogens is 1. The van der Waals surface area contributed by atoms with Gasteiger partial charge in [0.15, 0.2) is 5.96 Å². The van der Waals surface area contributed by atoms with Gasteiger partial charge in [0.05, 0.1) is 18.5 Å². The molecule has 0 amide bonds. The van der Waals surface area contributed by atoms with E-state index in [0.29, 0.717) is 6.54 Å². The number of guanidine groups is 1. The Morgan fingerprint density at radius 2 is 2.04 bits per heavy atom. The maximum atomic E-state index is 5.34. The second kappa shape index (κ2) is 11.1. The minimum atomic E-state index is 0. The smallest absolute Gasteiger partial charge is 0.191 e. The molecule has 7 heteroatoms. The number of rotatable bonds is 8. The van der Waals surface area contributed by atoms with Crippen LogP contribution in [0.3, 0.4) is 0 Å². The molecule has 0 unspecified atom stereocenters. The highest BCUT2D eigenvalue weighted by molar-refractivity contribution is 14.0. The summed E-state index contributed by atoms with van der Waals surface area (Å²) in [5, 5.41) is 10.7. The number of nitrogens with one attached hydrogen (secondary N) is 2. The van der Waals surface area contributed by atoms with E-state index in [4.69, 9.17) is 8.94 Å². The topological polar surface area (TPSA) is 75.6 Å². The van der Waals surface area contributed by atoms with Crippen molar-refractivity contribution in [1.29, 1.82) is 0 Å². The van der Waals surface area contributed by atoms with Crippen LogP contribution in [0.25, 0.3) is 0 Å². The van der Waals surface area contributed by atoms with Crippen molar-refractivity contribution in [2.75, 3.05) is 13.1 Å². The Kier molecular flexibility index (Phi) is 9.51. The maximum absolute atomic E-state index is 5.34. The van der Waals surface area contributed by atoms with Gasteiger partial charge in [0.1, 0.15) is 11.5 Å². The fourth-order valence-corrected chi connectivity index (χ4v) is 2.20.